The fraction of sp³-hybridized carbons (Fsp3) is 0.143. The van der Waals surface area contributed by atoms with Crippen molar-refractivity contribution in [1.29, 1.82) is 0 Å². The first-order chi connectivity index (χ1) is 9.22. The standard InChI is InChI=1S/C14H14N4S/c1-10-9-19-13(17-10)8-18-7-6-16-14(18)11-2-4-12(15)5-3-11/h2-7,9H,8,15H2,1H3. The van der Waals surface area contributed by atoms with E-state index in [-0.39, 0.29) is 0 Å². The van der Waals surface area contributed by atoms with Crippen LogP contribution in [0.5, 0.6) is 0 Å². The predicted molar refractivity (Wildman–Crippen MR) is 78.0 cm³/mol. The number of thiazole rings is 1. The maximum atomic E-state index is 5.71. The average Bonchev–Trinajstić information content (AvgIpc) is 3.00. The highest BCUT2D eigenvalue weighted by atomic mass is 32.1. The predicted octanol–water partition coefficient (Wildman–Crippen LogP) is 2.95. The van der Waals surface area contributed by atoms with E-state index in [2.05, 4.69) is 19.9 Å². The zero-order chi connectivity index (χ0) is 13.2. The molecule has 4 nitrogen and oxygen atoms in total. The van der Waals surface area contributed by atoms with E-state index in [4.69, 9.17) is 5.73 Å². The molecule has 0 bridgehead atoms. The van der Waals surface area contributed by atoms with Crippen LogP contribution in [0.3, 0.4) is 0 Å². The van der Waals surface area contributed by atoms with Gasteiger partial charge in [-0.3, -0.25) is 0 Å². The number of imidazole rings is 1. The SMILES string of the molecule is Cc1csc(Cn2ccnc2-c2ccc(N)cc2)n1. The first kappa shape index (κ1) is 11.9. The van der Waals surface area contributed by atoms with Gasteiger partial charge in [-0.25, -0.2) is 9.97 Å². The Morgan fingerprint density at radius 1 is 1.26 bits per heavy atom. The molecule has 0 saturated carbocycles. The summed E-state index contributed by atoms with van der Waals surface area (Å²) >= 11 is 1.67. The minimum atomic E-state index is 0.748. The molecule has 0 aliphatic heterocycles. The summed E-state index contributed by atoms with van der Waals surface area (Å²) in [5, 5.41) is 3.15. The van der Waals surface area contributed by atoms with Crippen LogP contribution in [0.2, 0.25) is 0 Å². The number of hydrogen-bond donors (Lipinski definition) is 1. The van der Waals surface area contributed by atoms with Crippen LogP contribution in [0, 0.1) is 6.92 Å². The number of nitrogens with zero attached hydrogens (tertiary/aromatic N) is 3. The summed E-state index contributed by atoms with van der Waals surface area (Å²) in [5.74, 6) is 0.938. The van der Waals surface area contributed by atoms with E-state index >= 15 is 0 Å². The summed E-state index contributed by atoms with van der Waals surface area (Å²) in [6.45, 7) is 2.76. The molecule has 1 aromatic carbocycles. The summed E-state index contributed by atoms with van der Waals surface area (Å²) in [7, 11) is 0. The largest absolute Gasteiger partial charge is 0.399 e. The molecule has 3 aromatic rings. The normalized spacial score (nSPS) is 10.8. The quantitative estimate of drug-likeness (QED) is 0.744. The molecular formula is C14H14N4S. The van der Waals surface area contributed by atoms with Crippen molar-refractivity contribution < 1.29 is 0 Å². The second kappa shape index (κ2) is 4.85. The van der Waals surface area contributed by atoms with Crippen LogP contribution in [0.1, 0.15) is 10.7 Å². The highest BCUT2D eigenvalue weighted by Crippen LogP contribution is 2.20. The Bertz CT molecular complexity index is 682. The number of aryl methyl sites for hydroxylation is 1. The van der Waals surface area contributed by atoms with Crippen molar-refractivity contribution in [1.82, 2.24) is 14.5 Å². The van der Waals surface area contributed by atoms with Gasteiger partial charge >= 0.3 is 0 Å². The maximum absolute atomic E-state index is 5.71. The lowest BCUT2D eigenvalue weighted by Crippen LogP contribution is -2.01. The fourth-order valence-corrected chi connectivity index (χ4v) is 2.72. The van der Waals surface area contributed by atoms with Crippen LogP contribution in [0.15, 0.2) is 42.0 Å². The zero-order valence-electron chi connectivity index (χ0n) is 10.6. The summed E-state index contributed by atoms with van der Waals surface area (Å²) in [4.78, 5) is 8.90. The van der Waals surface area contributed by atoms with Gasteiger partial charge in [0.1, 0.15) is 10.8 Å². The summed E-state index contributed by atoms with van der Waals surface area (Å²) in [6, 6.07) is 7.76. The Kier molecular flexibility index (Phi) is 3.05. The summed E-state index contributed by atoms with van der Waals surface area (Å²) < 4.78 is 2.10. The van der Waals surface area contributed by atoms with E-state index in [1.54, 1.807) is 11.3 Å². The van der Waals surface area contributed by atoms with Gasteiger partial charge in [-0.2, -0.15) is 0 Å². The van der Waals surface area contributed by atoms with E-state index in [1.165, 1.54) is 0 Å². The first-order valence-corrected chi connectivity index (χ1v) is 6.88. The average molecular weight is 270 g/mol. The van der Waals surface area contributed by atoms with Crippen LogP contribution < -0.4 is 5.73 Å². The lowest BCUT2D eigenvalue weighted by Gasteiger charge is -2.06. The second-order valence-electron chi connectivity index (χ2n) is 4.38. The lowest BCUT2D eigenvalue weighted by molar-refractivity contribution is 0.797. The Morgan fingerprint density at radius 2 is 2.05 bits per heavy atom. The van der Waals surface area contributed by atoms with Crippen LogP contribution >= 0.6 is 11.3 Å². The molecule has 0 radical (unpaired) electrons. The Hall–Kier alpha value is -2.14. The molecule has 3 rings (SSSR count). The number of benzene rings is 1. The van der Waals surface area contributed by atoms with Crippen LogP contribution in [-0.4, -0.2) is 14.5 Å². The van der Waals surface area contributed by atoms with Gasteiger partial charge in [0.05, 0.1) is 6.54 Å². The maximum Gasteiger partial charge on any atom is 0.140 e. The van der Waals surface area contributed by atoms with Crippen molar-refractivity contribution in [3.05, 3.63) is 52.7 Å². The van der Waals surface area contributed by atoms with Crippen LogP contribution in [0.25, 0.3) is 11.4 Å². The van der Waals surface area contributed by atoms with Crippen molar-refractivity contribution in [2.24, 2.45) is 0 Å². The van der Waals surface area contributed by atoms with Gasteiger partial charge in [0.25, 0.3) is 0 Å². The molecule has 0 atom stereocenters. The molecule has 19 heavy (non-hydrogen) atoms. The summed E-state index contributed by atoms with van der Waals surface area (Å²) in [5.41, 5.74) is 8.60. The number of hydrogen-bond acceptors (Lipinski definition) is 4. The van der Waals surface area contributed by atoms with Crippen molar-refractivity contribution in [2.45, 2.75) is 13.5 Å². The molecule has 0 amide bonds. The molecule has 0 aliphatic carbocycles. The molecule has 0 fully saturated rings. The van der Waals surface area contributed by atoms with Gasteiger partial charge in [-0.05, 0) is 31.2 Å². The van der Waals surface area contributed by atoms with E-state index in [0.29, 0.717) is 0 Å². The Labute approximate surface area is 115 Å². The molecule has 5 heteroatoms. The smallest absolute Gasteiger partial charge is 0.140 e. The third-order valence-electron chi connectivity index (χ3n) is 2.86. The number of rotatable bonds is 3. The van der Waals surface area contributed by atoms with Gasteiger partial charge in [-0.15, -0.1) is 11.3 Å². The molecular weight excluding hydrogens is 256 g/mol. The van der Waals surface area contributed by atoms with Crippen molar-refractivity contribution in [3.8, 4) is 11.4 Å². The van der Waals surface area contributed by atoms with E-state index in [9.17, 15) is 0 Å². The molecule has 0 saturated heterocycles. The third-order valence-corrected chi connectivity index (χ3v) is 3.81. The van der Waals surface area contributed by atoms with Gasteiger partial charge in [0.2, 0.25) is 0 Å². The first-order valence-electron chi connectivity index (χ1n) is 6.00. The van der Waals surface area contributed by atoms with Gasteiger partial charge in [-0.1, -0.05) is 0 Å². The lowest BCUT2D eigenvalue weighted by atomic mass is 10.2. The molecule has 96 valence electrons. The van der Waals surface area contributed by atoms with Crippen LogP contribution in [0.4, 0.5) is 5.69 Å². The molecule has 2 heterocycles. The molecule has 0 unspecified atom stereocenters. The van der Waals surface area contributed by atoms with Crippen molar-refractivity contribution >= 4 is 17.0 Å². The van der Waals surface area contributed by atoms with Crippen molar-refractivity contribution in [2.75, 3.05) is 5.73 Å². The minimum absolute atomic E-state index is 0.748. The summed E-state index contributed by atoms with van der Waals surface area (Å²) in [6.07, 6.45) is 3.79. The monoisotopic (exact) mass is 270 g/mol. The topological polar surface area (TPSA) is 56.7 Å². The van der Waals surface area contributed by atoms with Crippen molar-refractivity contribution in [3.63, 3.8) is 0 Å². The molecule has 2 N–H and O–H groups in total. The number of nitrogen functional groups attached to an aromatic ring is 1. The molecule has 0 spiro atoms. The highest BCUT2D eigenvalue weighted by molar-refractivity contribution is 7.09. The number of nitrogens with two attached hydrogens (primary N) is 1. The van der Waals surface area contributed by atoms with Gasteiger partial charge in [0.15, 0.2) is 0 Å². The fourth-order valence-electron chi connectivity index (χ4n) is 1.95. The third kappa shape index (κ3) is 2.51. The van der Waals surface area contributed by atoms with Crippen LogP contribution in [-0.2, 0) is 6.54 Å². The number of anilines is 1. The Morgan fingerprint density at radius 3 is 2.74 bits per heavy atom. The van der Waals surface area contributed by atoms with Gasteiger partial charge in [0, 0.05) is 34.7 Å². The van der Waals surface area contributed by atoms with Gasteiger partial charge < -0.3 is 10.3 Å². The van der Waals surface area contributed by atoms with E-state index < -0.39 is 0 Å². The minimum Gasteiger partial charge on any atom is -0.399 e. The van der Waals surface area contributed by atoms with E-state index in [1.807, 2.05) is 43.6 Å². The molecule has 0 aliphatic rings. The zero-order valence-corrected chi connectivity index (χ0v) is 11.4. The van der Waals surface area contributed by atoms with E-state index in [0.717, 1.165) is 34.3 Å². The Balaban J connectivity index is 1.92. The highest BCUT2D eigenvalue weighted by Gasteiger charge is 2.07. The second-order valence-corrected chi connectivity index (χ2v) is 5.33. The number of aromatic nitrogens is 3. The molecule has 2 aromatic heterocycles.